The van der Waals surface area contributed by atoms with Gasteiger partial charge in [-0.15, -0.1) is 11.3 Å². The van der Waals surface area contributed by atoms with Gasteiger partial charge in [0, 0.05) is 82.2 Å². The smallest absolute Gasteiger partial charge is 0.257 e. The minimum Gasteiger partial charge on any atom is -0.369 e. The Morgan fingerprint density at radius 3 is 2.63 bits per heavy atom. The minimum atomic E-state index is -1.09. The van der Waals surface area contributed by atoms with Gasteiger partial charge in [0.25, 0.3) is 5.91 Å². The van der Waals surface area contributed by atoms with Gasteiger partial charge in [-0.1, -0.05) is 6.07 Å². The molecule has 3 aromatic rings. The normalized spacial score (nSPS) is 17.0. The van der Waals surface area contributed by atoms with Crippen molar-refractivity contribution in [3.05, 3.63) is 64.8 Å². The number of halogens is 2. The van der Waals surface area contributed by atoms with Crippen LogP contribution < -0.4 is 15.5 Å². The van der Waals surface area contributed by atoms with Gasteiger partial charge in [-0.2, -0.15) is 0 Å². The third-order valence-corrected chi connectivity index (χ3v) is 6.93. The fourth-order valence-electron chi connectivity index (χ4n) is 4.39. The number of aromatic nitrogens is 2. The van der Waals surface area contributed by atoms with Crippen molar-refractivity contribution < 1.29 is 13.6 Å². The highest BCUT2D eigenvalue weighted by Crippen LogP contribution is 2.25. The molecular formula is C24H27F2N7OS. The zero-order valence-corrected chi connectivity index (χ0v) is 20.0. The Kier molecular flexibility index (Phi) is 7.16. The van der Waals surface area contributed by atoms with Crippen LogP contribution in [0.25, 0.3) is 0 Å². The van der Waals surface area contributed by atoms with Gasteiger partial charge in [-0.25, -0.2) is 18.7 Å². The van der Waals surface area contributed by atoms with E-state index in [0.29, 0.717) is 32.7 Å². The fraction of sp³-hybridized carbons (Fsp3) is 0.375. The topological polar surface area (TPSA) is 76.6 Å². The molecule has 2 aliphatic heterocycles. The van der Waals surface area contributed by atoms with Crippen LogP contribution in [0.5, 0.6) is 0 Å². The van der Waals surface area contributed by atoms with Crippen LogP contribution in [0, 0.1) is 11.6 Å². The second-order valence-electron chi connectivity index (χ2n) is 8.57. The van der Waals surface area contributed by atoms with E-state index in [1.807, 2.05) is 5.38 Å². The van der Waals surface area contributed by atoms with Crippen LogP contribution >= 0.6 is 11.3 Å². The molecule has 0 spiro atoms. The lowest BCUT2D eigenvalue weighted by Gasteiger charge is -2.35. The van der Waals surface area contributed by atoms with Crippen molar-refractivity contribution in [1.82, 2.24) is 25.1 Å². The molecule has 0 aliphatic carbocycles. The number of carbonyl (C=O) groups excluding carboxylic acids is 1. The predicted octanol–water partition coefficient (Wildman–Crippen LogP) is 2.93. The monoisotopic (exact) mass is 499 g/mol. The Hall–Kier alpha value is -3.15. The molecule has 2 N–H and O–H groups in total. The molecule has 4 heterocycles. The van der Waals surface area contributed by atoms with Crippen molar-refractivity contribution >= 4 is 33.9 Å². The first-order valence-electron chi connectivity index (χ1n) is 11.7. The van der Waals surface area contributed by atoms with Crippen molar-refractivity contribution in [3.8, 4) is 0 Å². The van der Waals surface area contributed by atoms with E-state index in [1.54, 1.807) is 11.1 Å². The molecule has 8 nitrogen and oxygen atoms in total. The van der Waals surface area contributed by atoms with Crippen LogP contribution in [-0.4, -0.2) is 78.0 Å². The molecule has 0 atom stereocenters. The Labute approximate surface area is 206 Å². The summed E-state index contributed by atoms with van der Waals surface area (Å²) >= 11 is 1.52. The Bertz CT molecular complexity index is 1160. The highest BCUT2D eigenvalue weighted by molar-refractivity contribution is 7.13. The number of rotatable bonds is 6. The molecule has 2 aromatic heterocycles. The summed E-state index contributed by atoms with van der Waals surface area (Å²) in [6.07, 6.45) is 1.75. The summed E-state index contributed by atoms with van der Waals surface area (Å²) < 4.78 is 27.6. The van der Waals surface area contributed by atoms with E-state index < -0.39 is 17.5 Å². The second-order valence-corrected chi connectivity index (χ2v) is 9.47. The number of hydrogen-bond donors (Lipinski definition) is 2. The zero-order valence-electron chi connectivity index (χ0n) is 19.2. The van der Waals surface area contributed by atoms with E-state index in [1.165, 1.54) is 23.5 Å². The Balaban J connectivity index is 1.27. The van der Waals surface area contributed by atoms with E-state index in [9.17, 15) is 13.6 Å². The van der Waals surface area contributed by atoms with Gasteiger partial charge in [0.05, 0.1) is 11.3 Å². The maximum Gasteiger partial charge on any atom is 0.257 e. The van der Waals surface area contributed by atoms with Gasteiger partial charge in [0.2, 0.25) is 0 Å². The molecule has 35 heavy (non-hydrogen) atoms. The molecule has 0 saturated carbocycles. The van der Waals surface area contributed by atoms with Gasteiger partial charge in [-0.3, -0.25) is 9.69 Å². The van der Waals surface area contributed by atoms with Crippen molar-refractivity contribution in [2.45, 2.75) is 6.54 Å². The number of nitrogens with zero attached hydrogens (tertiary/aromatic N) is 5. The lowest BCUT2D eigenvalue weighted by atomic mass is 10.1. The van der Waals surface area contributed by atoms with E-state index in [-0.39, 0.29) is 5.56 Å². The third-order valence-electron chi connectivity index (χ3n) is 6.24. The van der Waals surface area contributed by atoms with Gasteiger partial charge < -0.3 is 20.4 Å². The largest absolute Gasteiger partial charge is 0.369 e. The quantitative estimate of drug-likeness (QED) is 0.540. The van der Waals surface area contributed by atoms with Crippen LogP contribution in [0.15, 0.2) is 41.9 Å². The molecule has 2 aliphatic rings. The lowest BCUT2D eigenvalue weighted by Crippen LogP contribution is -2.48. The number of nitrogens with one attached hydrogen (secondary N) is 2. The molecule has 0 bridgehead atoms. The summed E-state index contributed by atoms with van der Waals surface area (Å²) in [7, 11) is 0. The van der Waals surface area contributed by atoms with Crippen LogP contribution in [0.2, 0.25) is 0 Å². The number of piperazine rings is 2. The van der Waals surface area contributed by atoms with Crippen molar-refractivity contribution in [3.63, 3.8) is 0 Å². The number of pyridine rings is 1. The number of thiazole rings is 1. The maximum atomic E-state index is 14.1. The SMILES string of the molecule is O=C(c1cccc(F)c1F)N1CCN(Cc2cc(N3CCNCC3)cc(Nc3nccs3)n2)CC1. The van der Waals surface area contributed by atoms with Crippen molar-refractivity contribution in [2.24, 2.45) is 0 Å². The Morgan fingerprint density at radius 2 is 1.89 bits per heavy atom. The number of amides is 1. The third kappa shape index (κ3) is 5.58. The van der Waals surface area contributed by atoms with Crippen molar-refractivity contribution in [1.29, 1.82) is 0 Å². The van der Waals surface area contributed by atoms with Gasteiger partial charge in [0.15, 0.2) is 16.8 Å². The lowest BCUT2D eigenvalue weighted by molar-refractivity contribution is 0.0621. The number of anilines is 3. The number of carbonyl (C=O) groups is 1. The summed E-state index contributed by atoms with van der Waals surface area (Å²) in [4.78, 5) is 28.0. The Morgan fingerprint density at radius 1 is 1.09 bits per heavy atom. The van der Waals surface area contributed by atoms with Gasteiger partial charge >= 0.3 is 0 Å². The summed E-state index contributed by atoms with van der Waals surface area (Å²) in [5, 5.41) is 9.39. The molecule has 11 heteroatoms. The number of benzene rings is 1. The first-order valence-corrected chi connectivity index (χ1v) is 12.5. The molecule has 2 fully saturated rings. The van der Waals surface area contributed by atoms with Crippen LogP contribution in [0.4, 0.5) is 25.4 Å². The first-order chi connectivity index (χ1) is 17.1. The molecule has 184 valence electrons. The molecule has 5 rings (SSSR count). The average molecular weight is 500 g/mol. The molecule has 0 unspecified atom stereocenters. The van der Waals surface area contributed by atoms with Crippen LogP contribution in [0.1, 0.15) is 16.1 Å². The highest BCUT2D eigenvalue weighted by Gasteiger charge is 2.25. The fourth-order valence-corrected chi connectivity index (χ4v) is 4.93. The van der Waals surface area contributed by atoms with E-state index in [4.69, 9.17) is 4.98 Å². The van der Waals surface area contributed by atoms with E-state index in [2.05, 4.69) is 37.6 Å². The molecule has 1 aromatic carbocycles. The summed E-state index contributed by atoms with van der Waals surface area (Å²) in [6.45, 7) is 6.49. The van der Waals surface area contributed by atoms with Crippen LogP contribution in [0.3, 0.4) is 0 Å². The highest BCUT2D eigenvalue weighted by atomic mass is 32.1. The summed E-state index contributed by atoms with van der Waals surface area (Å²) in [6, 6.07) is 7.88. The molecule has 0 radical (unpaired) electrons. The number of hydrogen-bond acceptors (Lipinski definition) is 8. The van der Waals surface area contributed by atoms with Crippen LogP contribution in [-0.2, 0) is 6.54 Å². The average Bonchev–Trinajstić information content (AvgIpc) is 3.39. The summed E-state index contributed by atoms with van der Waals surface area (Å²) in [5.41, 5.74) is 1.82. The molecule has 2 saturated heterocycles. The predicted molar refractivity (Wildman–Crippen MR) is 132 cm³/mol. The van der Waals surface area contributed by atoms with Gasteiger partial charge in [-0.05, 0) is 18.2 Å². The standard InChI is InChI=1S/C24H27F2N7OS/c25-20-3-1-2-19(22(20)26)23(34)33-11-9-31(10-12-33)16-17-14-18(32-7-4-27-5-8-32)15-21(29-17)30-24-28-6-13-35-24/h1-3,6,13-15,27H,4-5,7-12,16H2,(H,28,29,30). The first kappa shape index (κ1) is 23.6. The van der Waals surface area contributed by atoms with E-state index in [0.717, 1.165) is 54.6 Å². The maximum absolute atomic E-state index is 14.1. The second kappa shape index (κ2) is 10.6. The zero-order chi connectivity index (χ0) is 24.2. The molecule has 1 amide bonds. The summed E-state index contributed by atoms with van der Waals surface area (Å²) in [5.74, 6) is -1.82. The van der Waals surface area contributed by atoms with Gasteiger partial charge in [0.1, 0.15) is 5.82 Å². The molecular weight excluding hydrogens is 472 g/mol. The van der Waals surface area contributed by atoms with Crippen molar-refractivity contribution in [2.75, 3.05) is 62.6 Å². The van der Waals surface area contributed by atoms with E-state index >= 15 is 0 Å². The minimum absolute atomic E-state index is 0.221.